The van der Waals surface area contributed by atoms with Crippen molar-refractivity contribution in [3.63, 3.8) is 0 Å². The van der Waals surface area contributed by atoms with Crippen molar-refractivity contribution >= 4 is 39.1 Å². The van der Waals surface area contributed by atoms with Crippen molar-refractivity contribution in [3.8, 4) is 5.75 Å². The molecular formula is C28H32ClN3O5S. The van der Waals surface area contributed by atoms with Gasteiger partial charge in [-0.15, -0.1) is 0 Å². The third-order valence-electron chi connectivity index (χ3n) is 6.26. The number of carbonyl (C=O) groups is 2. The van der Waals surface area contributed by atoms with E-state index < -0.39 is 28.5 Å². The molecule has 3 rings (SSSR count). The van der Waals surface area contributed by atoms with E-state index in [1.165, 1.54) is 24.1 Å². The Balaban J connectivity index is 2.08. The molecule has 0 saturated heterocycles. The number of hydrogen-bond donors (Lipinski definition) is 1. The number of ether oxygens (including phenoxy) is 1. The smallest absolute Gasteiger partial charge is 0.264 e. The Morgan fingerprint density at radius 2 is 1.66 bits per heavy atom. The highest BCUT2D eigenvalue weighted by atomic mass is 35.5. The SMILES string of the molecule is CC[C@H](C(=O)NC)N(Cc1ccc(OC)cc1)C(=O)CN(c1cccc(Cl)c1C)S(=O)(=O)c1ccccc1. The fraction of sp³-hybridized carbons (Fsp3) is 0.286. The van der Waals surface area contributed by atoms with Crippen molar-refractivity contribution in [2.24, 2.45) is 0 Å². The number of nitrogens with zero attached hydrogens (tertiary/aromatic N) is 2. The van der Waals surface area contributed by atoms with Gasteiger partial charge in [0.25, 0.3) is 10.0 Å². The lowest BCUT2D eigenvalue weighted by molar-refractivity contribution is -0.140. The monoisotopic (exact) mass is 557 g/mol. The Morgan fingerprint density at radius 3 is 2.24 bits per heavy atom. The Bertz CT molecular complexity index is 1360. The molecule has 8 nitrogen and oxygen atoms in total. The largest absolute Gasteiger partial charge is 0.497 e. The Morgan fingerprint density at radius 1 is 1.00 bits per heavy atom. The molecule has 2 amide bonds. The topological polar surface area (TPSA) is 96.0 Å². The van der Waals surface area contributed by atoms with Gasteiger partial charge in [0, 0.05) is 18.6 Å². The van der Waals surface area contributed by atoms with Crippen molar-refractivity contribution in [1.82, 2.24) is 10.2 Å². The van der Waals surface area contributed by atoms with E-state index in [2.05, 4.69) is 5.32 Å². The lowest BCUT2D eigenvalue weighted by atomic mass is 10.1. The first kappa shape index (κ1) is 29.0. The van der Waals surface area contributed by atoms with E-state index in [0.29, 0.717) is 22.8 Å². The zero-order chi connectivity index (χ0) is 27.9. The van der Waals surface area contributed by atoms with Crippen LogP contribution in [0.3, 0.4) is 0 Å². The van der Waals surface area contributed by atoms with Crippen molar-refractivity contribution in [2.75, 3.05) is 25.0 Å². The molecule has 202 valence electrons. The number of carbonyl (C=O) groups excluding carboxylic acids is 2. The molecule has 3 aromatic rings. The summed E-state index contributed by atoms with van der Waals surface area (Å²) in [5, 5.41) is 2.98. The van der Waals surface area contributed by atoms with Crippen LogP contribution in [0.4, 0.5) is 5.69 Å². The van der Waals surface area contributed by atoms with E-state index >= 15 is 0 Å². The molecule has 0 aliphatic rings. The van der Waals surface area contributed by atoms with Crippen molar-refractivity contribution in [2.45, 2.75) is 37.8 Å². The van der Waals surface area contributed by atoms with Crippen LogP contribution in [0, 0.1) is 6.92 Å². The lowest BCUT2D eigenvalue weighted by Crippen LogP contribution is -2.51. The first-order valence-corrected chi connectivity index (χ1v) is 13.9. The zero-order valence-corrected chi connectivity index (χ0v) is 23.4. The van der Waals surface area contributed by atoms with Crippen LogP contribution in [0.15, 0.2) is 77.7 Å². The first-order chi connectivity index (χ1) is 18.1. The number of halogens is 1. The first-order valence-electron chi connectivity index (χ1n) is 12.1. The molecule has 1 atom stereocenters. The summed E-state index contributed by atoms with van der Waals surface area (Å²) >= 11 is 6.34. The van der Waals surface area contributed by atoms with Gasteiger partial charge in [-0.2, -0.15) is 0 Å². The van der Waals surface area contributed by atoms with E-state index in [9.17, 15) is 18.0 Å². The summed E-state index contributed by atoms with van der Waals surface area (Å²) in [7, 11) is -1.09. The summed E-state index contributed by atoms with van der Waals surface area (Å²) in [6.07, 6.45) is 0.337. The van der Waals surface area contributed by atoms with Crippen LogP contribution < -0.4 is 14.4 Å². The van der Waals surface area contributed by atoms with E-state index in [1.807, 2.05) is 0 Å². The van der Waals surface area contributed by atoms with Crippen LogP contribution in [0.1, 0.15) is 24.5 Å². The fourth-order valence-electron chi connectivity index (χ4n) is 4.11. The molecule has 3 aromatic carbocycles. The van der Waals surface area contributed by atoms with Gasteiger partial charge in [-0.25, -0.2) is 8.42 Å². The quantitative estimate of drug-likeness (QED) is 0.377. The van der Waals surface area contributed by atoms with E-state index in [1.54, 1.807) is 81.6 Å². The molecule has 0 aromatic heterocycles. The standard InChI is InChI=1S/C28H32ClN3O5S/c1-5-25(28(34)30-3)31(18-21-14-16-22(37-4)17-15-21)27(33)19-32(26-13-9-12-24(29)20(26)2)38(35,36)23-10-7-6-8-11-23/h6-17,25H,5,18-19H2,1-4H3,(H,30,34)/t25-/m1/s1. The van der Waals surface area contributed by atoms with Gasteiger partial charge < -0.3 is 15.0 Å². The van der Waals surface area contributed by atoms with Crippen LogP contribution in [0.25, 0.3) is 0 Å². The number of hydrogen-bond acceptors (Lipinski definition) is 5. The van der Waals surface area contributed by atoms with Gasteiger partial charge in [-0.1, -0.05) is 54.9 Å². The summed E-state index contributed by atoms with van der Waals surface area (Å²) in [4.78, 5) is 28.2. The molecule has 0 aliphatic carbocycles. The summed E-state index contributed by atoms with van der Waals surface area (Å²) < 4.78 is 33.9. The average molecular weight is 558 g/mol. The zero-order valence-electron chi connectivity index (χ0n) is 21.8. The minimum absolute atomic E-state index is 0.0345. The molecule has 0 bridgehead atoms. The van der Waals surface area contributed by atoms with Gasteiger partial charge >= 0.3 is 0 Å². The molecule has 0 radical (unpaired) electrons. The van der Waals surface area contributed by atoms with Crippen LogP contribution >= 0.6 is 11.6 Å². The highest BCUT2D eigenvalue weighted by Crippen LogP contribution is 2.31. The molecule has 0 spiro atoms. The summed E-state index contributed by atoms with van der Waals surface area (Å²) in [5.41, 5.74) is 1.56. The predicted octanol–water partition coefficient (Wildman–Crippen LogP) is 4.41. The maximum absolute atomic E-state index is 13.9. The Labute approximate surface area is 229 Å². The van der Waals surface area contributed by atoms with E-state index in [0.717, 1.165) is 9.87 Å². The molecule has 0 fully saturated rings. The second-order valence-corrected chi connectivity index (χ2v) is 10.9. The van der Waals surface area contributed by atoms with Crippen molar-refractivity contribution in [3.05, 3.63) is 88.9 Å². The third kappa shape index (κ3) is 6.46. The number of methoxy groups -OCH3 is 1. The Hall–Kier alpha value is -3.56. The number of nitrogens with one attached hydrogen (secondary N) is 1. The number of amides is 2. The van der Waals surface area contributed by atoms with Gasteiger partial charge in [0.1, 0.15) is 18.3 Å². The molecular weight excluding hydrogens is 526 g/mol. The van der Waals surface area contributed by atoms with Gasteiger partial charge in [0.15, 0.2) is 0 Å². The molecule has 1 N–H and O–H groups in total. The third-order valence-corrected chi connectivity index (χ3v) is 8.45. The van der Waals surface area contributed by atoms with Crippen molar-refractivity contribution in [1.29, 1.82) is 0 Å². The minimum atomic E-state index is -4.15. The Kier molecular flexibility index (Phi) is 9.77. The summed E-state index contributed by atoms with van der Waals surface area (Å²) in [6, 6.07) is 19.1. The predicted molar refractivity (Wildman–Crippen MR) is 149 cm³/mol. The number of sulfonamides is 1. The second kappa shape index (κ2) is 12.8. The minimum Gasteiger partial charge on any atom is -0.497 e. The highest BCUT2D eigenvalue weighted by Gasteiger charge is 2.34. The van der Waals surface area contributed by atoms with Gasteiger partial charge in [0.2, 0.25) is 11.8 Å². The van der Waals surface area contributed by atoms with E-state index in [-0.39, 0.29) is 23.0 Å². The average Bonchev–Trinajstić information content (AvgIpc) is 2.93. The molecule has 0 unspecified atom stereocenters. The number of likely N-dealkylation sites (N-methyl/N-ethyl adjacent to an activating group) is 1. The van der Waals surface area contributed by atoms with Gasteiger partial charge in [-0.3, -0.25) is 13.9 Å². The molecule has 0 heterocycles. The van der Waals surface area contributed by atoms with Crippen LogP contribution in [-0.4, -0.2) is 51.9 Å². The maximum Gasteiger partial charge on any atom is 0.264 e. The lowest BCUT2D eigenvalue weighted by Gasteiger charge is -2.33. The normalized spacial score (nSPS) is 11.9. The second-order valence-electron chi connectivity index (χ2n) is 8.62. The molecule has 38 heavy (non-hydrogen) atoms. The maximum atomic E-state index is 13.9. The van der Waals surface area contributed by atoms with Crippen molar-refractivity contribution < 1.29 is 22.7 Å². The number of benzene rings is 3. The summed E-state index contributed by atoms with van der Waals surface area (Å²) in [5.74, 6) is -0.220. The highest BCUT2D eigenvalue weighted by molar-refractivity contribution is 7.92. The molecule has 0 aliphatic heterocycles. The van der Waals surface area contributed by atoms with E-state index in [4.69, 9.17) is 16.3 Å². The molecule has 0 saturated carbocycles. The molecule has 10 heteroatoms. The van der Waals surface area contributed by atoms with Gasteiger partial charge in [0.05, 0.1) is 17.7 Å². The number of anilines is 1. The number of rotatable bonds is 11. The van der Waals surface area contributed by atoms with Crippen LogP contribution in [-0.2, 0) is 26.2 Å². The fourth-order valence-corrected chi connectivity index (χ4v) is 5.78. The van der Waals surface area contributed by atoms with Crippen LogP contribution in [0.2, 0.25) is 5.02 Å². The van der Waals surface area contributed by atoms with Crippen LogP contribution in [0.5, 0.6) is 5.75 Å². The van der Waals surface area contributed by atoms with Gasteiger partial charge in [-0.05, 0) is 60.9 Å². The summed E-state index contributed by atoms with van der Waals surface area (Å²) in [6.45, 7) is 3.07.